The van der Waals surface area contributed by atoms with Gasteiger partial charge in [-0.3, -0.25) is 4.79 Å². The van der Waals surface area contributed by atoms with Gasteiger partial charge >= 0.3 is 0 Å². The number of aromatic hydroxyl groups is 1. The van der Waals surface area contributed by atoms with Crippen molar-refractivity contribution in [3.05, 3.63) is 107 Å². The van der Waals surface area contributed by atoms with Crippen molar-refractivity contribution in [2.24, 2.45) is 0 Å². The molecular weight excluding hydrogens is 398 g/mol. The van der Waals surface area contributed by atoms with Crippen LogP contribution in [0.2, 0.25) is 5.02 Å². The molecule has 0 saturated heterocycles. The highest BCUT2D eigenvalue weighted by molar-refractivity contribution is 6.30. The van der Waals surface area contributed by atoms with E-state index in [1.807, 2.05) is 60.7 Å². The van der Waals surface area contributed by atoms with Crippen LogP contribution in [0, 0.1) is 0 Å². The number of halogens is 1. The predicted molar refractivity (Wildman–Crippen MR) is 119 cm³/mol. The summed E-state index contributed by atoms with van der Waals surface area (Å²) in [6.07, 6.45) is 0. The third-order valence-corrected chi connectivity index (χ3v) is 5.11. The molecule has 0 heterocycles. The van der Waals surface area contributed by atoms with E-state index in [-0.39, 0.29) is 18.3 Å². The fraction of sp³-hybridized carbons (Fsp3) is 0.0800. The topological polar surface area (TPSA) is 58.6 Å². The maximum Gasteiger partial charge on any atom is 0.258 e. The first kappa shape index (κ1) is 19.8. The van der Waals surface area contributed by atoms with Gasteiger partial charge in [0.25, 0.3) is 5.91 Å². The molecule has 0 unspecified atom stereocenters. The summed E-state index contributed by atoms with van der Waals surface area (Å²) in [4.78, 5) is 12.7. The van der Waals surface area contributed by atoms with E-state index >= 15 is 0 Å². The molecule has 0 fully saturated rings. The fourth-order valence-electron chi connectivity index (χ4n) is 3.43. The zero-order valence-corrected chi connectivity index (χ0v) is 16.8. The van der Waals surface area contributed by atoms with Crippen LogP contribution in [0.1, 0.15) is 17.2 Å². The van der Waals surface area contributed by atoms with Gasteiger partial charge in [-0.15, -0.1) is 0 Å². The Kier molecular flexibility index (Phi) is 5.87. The average Bonchev–Trinajstić information content (AvgIpc) is 2.78. The maximum atomic E-state index is 12.7. The second-order valence-electron chi connectivity index (χ2n) is 6.87. The molecule has 4 rings (SSSR count). The van der Waals surface area contributed by atoms with E-state index in [0.29, 0.717) is 16.3 Å². The number of fused-ring (bicyclic) bond motifs is 1. The molecule has 0 aliphatic carbocycles. The molecule has 4 nitrogen and oxygen atoms in total. The summed E-state index contributed by atoms with van der Waals surface area (Å²) in [6, 6.07) is 27.0. The van der Waals surface area contributed by atoms with Crippen molar-refractivity contribution in [1.29, 1.82) is 0 Å². The molecule has 0 aliphatic rings. The van der Waals surface area contributed by atoms with Crippen LogP contribution in [0.15, 0.2) is 91.0 Å². The molecule has 1 atom stereocenters. The van der Waals surface area contributed by atoms with E-state index in [4.69, 9.17) is 16.3 Å². The Hall–Kier alpha value is -3.50. The number of amides is 1. The summed E-state index contributed by atoms with van der Waals surface area (Å²) in [5, 5.41) is 16.1. The number of nitrogens with one attached hydrogen (secondary N) is 1. The highest BCUT2D eigenvalue weighted by atomic mass is 35.5. The Balaban J connectivity index is 1.68. The Morgan fingerprint density at radius 2 is 1.60 bits per heavy atom. The van der Waals surface area contributed by atoms with Crippen LogP contribution < -0.4 is 10.1 Å². The molecule has 2 N–H and O–H groups in total. The van der Waals surface area contributed by atoms with Gasteiger partial charge in [-0.05, 0) is 46.7 Å². The summed E-state index contributed by atoms with van der Waals surface area (Å²) in [6.45, 7) is -0.139. The highest BCUT2D eigenvalue weighted by Gasteiger charge is 2.22. The third kappa shape index (κ3) is 4.39. The third-order valence-electron chi connectivity index (χ3n) is 4.86. The number of phenols is 1. The van der Waals surface area contributed by atoms with Crippen LogP contribution in [0.3, 0.4) is 0 Å². The smallest absolute Gasteiger partial charge is 0.258 e. The van der Waals surface area contributed by atoms with Gasteiger partial charge in [0.2, 0.25) is 0 Å². The largest absolute Gasteiger partial charge is 0.508 e. The van der Waals surface area contributed by atoms with Gasteiger partial charge in [0.05, 0.1) is 6.04 Å². The molecular formula is C25H20ClNO3. The normalized spacial score (nSPS) is 11.8. The Morgan fingerprint density at radius 1 is 0.900 bits per heavy atom. The first-order valence-corrected chi connectivity index (χ1v) is 9.93. The lowest BCUT2D eigenvalue weighted by Crippen LogP contribution is -2.33. The number of para-hydroxylation sites is 1. The minimum absolute atomic E-state index is 0.109. The summed E-state index contributed by atoms with van der Waals surface area (Å²) >= 11 is 6.06. The van der Waals surface area contributed by atoms with Crippen molar-refractivity contribution in [1.82, 2.24) is 5.32 Å². The molecule has 4 aromatic carbocycles. The van der Waals surface area contributed by atoms with E-state index in [2.05, 4.69) is 5.32 Å². The van der Waals surface area contributed by atoms with Crippen molar-refractivity contribution in [3.8, 4) is 11.5 Å². The van der Waals surface area contributed by atoms with Gasteiger partial charge in [0, 0.05) is 10.6 Å². The second kappa shape index (κ2) is 8.89. The average molecular weight is 418 g/mol. The number of phenolic OH excluding ortho intramolecular Hbond substituents is 1. The van der Waals surface area contributed by atoms with Gasteiger partial charge in [0.1, 0.15) is 11.5 Å². The van der Waals surface area contributed by atoms with Gasteiger partial charge in [-0.2, -0.15) is 0 Å². The lowest BCUT2D eigenvalue weighted by molar-refractivity contribution is -0.123. The summed E-state index contributed by atoms with van der Waals surface area (Å²) < 4.78 is 5.58. The van der Waals surface area contributed by atoms with Crippen molar-refractivity contribution < 1.29 is 14.6 Å². The van der Waals surface area contributed by atoms with Crippen molar-refractivity contribution in [3.63, 3.8) is 0 Å². The number of ether oxygens (including phenoxy) is 1. The van der Waals surface area contributed by atoms with Crippen LogP contribution in [0.25, 0.3) is 10.8 Å². The van der Waals surface area contributed by atoms with Crippen molar-refractivity contribution in [2.75, 3.05) is 6.61 Å². The molecule has 0 radical (unpaired) electrons. The molecule has 0 aliphatic heterocycles. The Morgan fingerprint density at radius 3 is 2.37 bits per heavy atom. The van der Waals surface area contributed by atoms with Crippen LogP contribution in [-0.4, -0.2) is 17.6 Å². The molecule has 5 heteroatoms. The number of hydrogen-bond acceptors (Lipinski definition) is 3. The SMILES string of the molecule is O=C(COc1ccccc1)N[C@H](c1ccc(Cl)cc1)c1c(O)ccc2ccccc12. The monoisotopic (exact) mass is 417 g/mol. The van der Waals surface area contributed by atoms with E-state index in [1.165, 1.54) is 0 Å². The molecule has 1 amide bonds. The minimum atomic E-state index is -0.569. The summed E-state index contributed by atoms with van der Waals surface area (Å²) in [7, 11) is 0. The van der Waals surface area contributed by atoms with E-state index < -0.39 is 6.04 Å². The van der Waals surface area contributed by atoms with Crippen LogP contribution in [0.5, 0.6) is 11.5 Å². The van der Waals surface area contributed by atoms with Gasteiger partial charge in [-0.1, -0.05) is 72.3 Å². The Labute approximate surface area is 179 Å². The molecule has 0 bridgehead atoms. The summed E-state index contributed by atoms with van der Waals surface area (Å²) in [5.41, 5.74) is 1.43. The number of hydrogen-bond donors (Lipinski definition) is 2. The van der Waals surface area contributed by atoms with Crippen molar-refractivity contribution >= 4 is 28.3 Å². The van der Waals surface area contributed by atoms with Crippen LogP contribution >= 0.6 is 11.6 Å². The molecule has 0 saturated carbocycles. The first-order valence-electron chi connectivity index (χ1n) is 9.55. The van der Waals surface area contributed by atoms with Crippen LogP contribution in [0.4, 0.5) is 0 Å². The zero-order valence-electron chi connectivity index (χ0n) is 16.1. The Bertz CT molecular complexity index is 1160. The number of rotatable bonds is 6. The minimum Gasteiger partial charge on any atom is -0.508 e. The fourth-order valence-corrected chi connectivity index (χ4v) is 3.56. The lowest BCUT2D eigenvalue weighted by atomic mass is 9.92. The molecule has 0 spiro atoms. The molecule has 4 aromatic rings. The lowest BCUT2D eigenvalue weighted by Gasteiger charge is -2.23. The van der Waals surface area contributed by atoms with E-state index in [0.717, 1.165) is 16.3 Å². The van der Waals surface area contributed by atoms with Gasteiger partial charge < -0.3 is 15.2 Å². The first-order chi connectivity index (χ1) is 14.6. The van der Waals surface area contributed by atoms with Gasteiger partial charge in [-0.25, -0.2) is 0 Å². The quantitative estimate of drug-likeness (QED) is 0.436. The molecule has 0 aromatic heterocycles. The van der Waals surface area contributed by atoms with E-state index in [9.17, 15) is 9.90 Å². The van der Waals surface area contributed by atoms with Crippen LogP contribution in [-0.2, 0) is 4.79 Å². The van der Waals surface area contributed by atoms with Gasteiger partial charge in [0.15, 0.2) is 6.61 Å². The molecule has 150 valence electrons. The summed E-state index contributed by atoms with van der Waals surface area (Å²) in [5.74, 6) is 0.424. The van der Waals surface area contributed by atoms with E-state index in [1.54, 1.807) is 30.3 Å². The maximum absolute atomic E-state index is 12.7. The number of benzene rings is 4. The number of carbonyl (C=O) groups excluding carboxylic acids is 1. The molecule has 30 heavy (non-hydrogen) atoms. The zero-order chi connectivity index (χ0) is 20.9. The van der Waals surface area contributed by atoms with Crippen molar-refractivity contribution in [2.45, 2.75) is 6.04 Å². The second-order valence-corrected chi connectivity index (χ2v) is 7.31. The predicted octanol–water partition coefficient (Wildman–Crippen LogP) is 5.48. The highest BCUT2D eigenvalue weighted by Crippen LogP contribution is 2.36. The number of carbonyl (C=O) groups is 1. The standard InChI is InChI=1S/C25H20ClNO3/c26-19-13-10-18(11-14-19)25(27-23(29)16-30-20-7-2-1-3-8-20)24-21-9-5-4-6-17(21)12-15-22(24)28/h1-15,25,28H,16H2,(H,27,29)/t25-/m1/s1.